The molecule has 0 bridgehead atoms. The molecule has 3 unspecified atom stereocenters. The van der Waals surface area contributed by atoms with Crippen LogP contribution in [-0.4, -0.2) is 71.0 Å². The molecule has 10 heteroatoms. The molecule has 4 rings (SSSR count). The lowest BCUT2D eigenvalue weighted by atomic mass is 10.1. The summed E-state index contributed by atoms with van der Waals surface area (Å²) in [5, 5.41) is 3.15. The highest BCUT2D eigenvalue weighted by molar-refractivity contribution is 7.90. The number of carbonyl (C=O) groups excluding carboxylic acids is 2. The number of rotatable bonds is 13. The summed E-state index contributed by atoms with van der Waals surface area (Å²) >= 11 is 0. The predicted octanol–water partition coefficient (Wildman–Crippen LogP) is 5.25. The topological polar surface area (TPSA) is 111 Å². The van der Waals surface area contributed by atoms with Crippen LogP contribution >= 0.6 is 0 Å². The number of nitrogens with zero attached hydrogens (tertiary/aromatic N) is 1. The number of esters is 1. The average molecular weight is 611 g/mol. The van der Waals surface area contributed by atoms with Crippen molar-refractivity contribution in [2.75, 3.05) is 44.7 Å². The van der Waals surface area contributed by atoms with Gasteiger partial charge in [0.15, 0.2) is 0 Å². The minimum atomic E-state index is -3.01. The third-order valence-corrected chi connectivity index (χ3v) is 8.13. The molecule has 1 aliphatic heterocycles. The van der Waals surface area contributed by atoms with Gasteiger partial charge in [-0.1, -0.05) is 60.7 Å². The fourth-order valence-corrected chi connectivity index (χ4v) is 5.59. The van der Waals surface area contributed by atoms with Gasteiger partial charge < -0.3 is 24.3 Å². The number of aldehydes is 1. The van der Waals surface area contributed by atoms with Crippen LogP contribution in [0.4, 0.5) is 5.69 Å². The van der Waals surface area contributed by atoms with Crippen LogP contribution < -0.4 is 14.8 Å². The Labute approximate surface area is 255 Å². The second-order valence-electron chi connectivity index (χ2n) is 10.3. The molecule has 3 atom stereocenters. The lowest BCUT2D eigenvalue weighted by Gasteiger charge is -2.24. The molecule has 0 amide bonds. The van der Waals surface area contributed by atoms with Crippen molar-refractivity contribution in [2.45, 2.75) is 44.3 Å². The summed E-state index contributed by atoms with van der Waals surface area (Å²) < 4.78 is 38.3. The van der Waals surface area contributed by atoms with Crippen molar-refractivity contribution < 1.29 is 32.2 Å². The Kier molecular flexibility index (Phi) is 13.0. The summed E-state index contributed by atoms with van der Waals surface area (Å²) in [5.41, 5.74) is 2.80. The molecule has 1 aliphatic rings. The summed E-state index contributed by atoms with van der Waals surface area (Å²) in [6, 6.07) is 24.7. The molecule has 0 aliphatic carbocycles. The maximum absolute atomic E-state index is 11.8. The molecular formula is C33H42N2O7S. The molecular weight excluding hydrogens is 568 g/mol. The van der Waals surface area contributed by atoms with Crippen LogP contribution in [0.25, 0.3) is 0 Å². The molecule has 0 saturated carbocycles. The predicted molar refractivity (Wildman–Crippen MR) is 168 cm³/mol. The van der Waals surface area contributed by atoms with Gasteiger partial charge in [-0.3, -0.25) is 9.69 Å². The summed E-state index contributed by atoms with van der Waals surface area (Å²) in [6.45, 7) is 2.58. The van der Waals surface area contributed by atoms with Crippen molar-refractivity contribution in [1.82, 2.24) is 4.90 Å². The Hall–Kier alpha value is -3.89. The number of likely N-dealkylation sites (tertiary alicyclic amines) is 1. The van der Waals surface area contributed by atoms with Crippen molar-refractivity contribution in [3.8, 4) is 11.5 Å². The number of benzene rings is 3. The van der Waals surface area contributed by atoms with Gasteiger partial charge in [-0.15, -0.1) is 0 Å². The van der Waals surface area contributed by atoms with E-state index in [1.807, 2.05) is 62.5 Å². The second kappa shape index (κ2) is 16.7. The van der Waals surface area contributed by atoms with Gasteiger partial charge in [0.05, 0.1) is 26.1 Å². The van der Waals surface area contributed by atoms with E-state index < -0.39 is 15.9 Å². The number of methoxy groups -OCH3 is 1. The summed E-state index contributed by atoms with van der Waals surface area (Å²) in [6.07, 6.45) is 4.34. The zero-order valence-corrected chi connectivity index (χ0v) is 26.1. The standard InChI is InChI=1S/C19H23NO5S.C14H19NO2/c1-24-17-11-16(20-19(14-21)15-7-4-3-5-8-15)12-18(13-17)25-9-6-10-26(2,22)23;1-3-17-14(16)13-10-9-12(15(13)2)11-7-5-4-6-8-11/h3-5,7-8,11-14,19-20H,6,9-10H2,1-2H3;4-8,12-13H,3,9-10H2,1-2H3. The third kappa shape index (κ3) is 10.7. The van der Waals surface area contributed by atoms with E-state index in [0.717, 1.165) is 24.7 Å². The van der Waals surface area contributed by atoms with E-state index in [9.17, 15) is 18.0 Å². The summed E-state index contributed by atoms with van der Waals surface area (Å²) in [4.78, 5) is 25.4. The Balaban J connectivity index is 0.000000257. The Morgan fingerprint density at radius 3 is 2.28 bits per heavy atom. The molecule has 232 valence electrons. The van der Waals surface area contributed by atoms with Crippen LogP contribution in [0.15, 0.2) is 78.9 Å². The fourth-order valence-electron chi connectivity index (χ4n) is 4.94. The maximum atomic E-state index is 11.8. The van der Waals surface area contributed by atoms with Crippen LogP contribution in [0.1, 0.15) is 49.4 Å². The van der Waals surface area contributed by atoms with Gasteiger partial charge in [0.1, 0.15) is 39.7 Å². The van der Waals surface area contributed by atoms with E-state index in [2.05, 4.69) is 22.3 Å². The molecule has 1 fully saturated rings. The number of hydrogen-bond acceptors (Lipinski definition) is 9. The van der Waals surface area contributed by atoms with Gasteiger partial charge in [0.25, 0.3) is 0 Å². The highest BCUT2D eigenvalue weighted by Crippen LogP contribution is 2.35. The monoisotopic (exact) mass is 610 g/mol. The largest absolute Gasteiger partial charge is 0.497 e. The molecule has 9 nitrogen and oxygen atoms in total. The Morgan fingerprint density at radius 2 is 1.67 bits per heavy atom. The number of carbonyl (C=O) groups is 2. The molecule has 0 spiro atoms. The van der Waals surface area contributed by atoms with Gasteiger partial charge in [-0.05, 0) is 44.4 Å². The van der Waals surface area contributed by atoms with Crippen molar-refractivity contribution in [3.63, 3.8) is 0 Å². The summed E-state index contributed by atoms with van der Waals surface area (Å²) in [5.74, 6) is 1.10. The highest BCUT2D eigenvalue weighted by Gasteiger charge is 2.36. The smallest absolute Gasteiger partial charge is 0.323 e. The average Bonchev–Trinajstić information content (AvgIpc) is 3.40. The first-order valence-corrected chi connectivity index (χ1v) is 16.4. The van der Waals surface area contributed by atoms with Crippen molar-refractivity contribution in [3.05, 3.63) is 90.0 Å². The van der Waals surface area contributed by atoms with Crippen LogP contribution in [-0.2, 0) is 24.2 Å². The van der Waals surface area contributed by atoms with Gasteiger partial charge in [-0.2, -0.15) is 0 Å². The van der Waals surface area contributed by atoms with E-state index in [4.69, 9.17) is 14.2 Å². The number of sulfone groups is 1. The van der Waals surface area contributed by atoms with Crippen molar-refractivity contribution in [1.29, 1.82) is 0 Å². The van der Waals surface area contributed by atoms with Crippen LogP contribution in [0.5, 0.6) is 11.5 Å². The summed E-state index contributed by atoms with van der Waals surface area (Å²) in [7, 11) is 0.543. The lowest BCUT2D eigenvalue weighted by Crippen LogP contribution is -2.35. The Bertz CT molecular complexity index is 1400. The second-order valence-corrected chi connectivity index (χ2v) is 12.6. The lowest BCUT2D eigenvalue weighted by molar-refractivity contribution is -0.148. The van der Waals surface area contributed by atoms with Crippen LogP contribution in [0.3, 0.4) is 0 Å². The molecule has 3 aromatic rings. The third-order valence-electron chi connectivity index (χ3n) is 7.10. The molecule has 1 heterocycles. The maximum Gasteiger partial charge on any atom is 0.323 e. The van der Waals surface area contributed by atoms with E-state index >= 15 is 0 Å². The molecule has 0 aromatic heterocycles. The molecule has 3 aromatic carbocycles. The molecule has 43 heavy (non-hydrogen) atoms. The normalized spacial score (nSPS) is 17.2. The highest BCUT2D eigenvalue weighted by atomic mass is 32.2. The molecule has 1 N–H and O–H groups in total. The zero-order valence-electron chi connectivity index (χ0n) is 25.3. The van der Waals surface area contributed by atoms with Crippen LogP contribution in [0.2, 0.25) is 0 Å². The zero-order chi connectivity index (χ0) is 31.2. The quantitative estimate of drug-likeness (QED) is 0.158. The molecule has 1 saturated heterocycles. The first kappa shape index (κ1) is 33.6. The van der Waals surface area contributed by atoms with Gasteiger partial charge >= 0.3 is 5.97 Å². The minimum Gasteiger partial charge on any atom is -0.497 e. The van der Waals surface area contributed by atoms with E-state index in [1.165, 1.54) is 11.8 Å². The van der Waals surface area contributed by atoms with E-state index in [-0.39, 0.29) is 24.4 Å². The van der Waals surface area contributed by atoms with Gasteiger partial charge in [0, 0.05) is 36.2 Å². The fraction of sp³-hybridized carbons (Fsp3) is 0.394. The number of ether oxygens (including phenoxy) is 3. The number of hydrogen-bond donors (Lipinski definition) is 1. The van der Waals surface area contributed by atoms with Gasteiger partial charge in [0.2, 0.25) is 0 Å². The first-order valence-electron chi connectivity index (χ1n) is 14.3. The van der Waals surface area contributed by atoms with E-state index in [0.29, 0.717) is 36.3 Å². The Morgan fingerprint density at radius 1 is 1.02 bits per heavy atom. The number of likely N-dealkylation sites (N-methyl/N-ethyl adjacent to an activating group) is 1. The van der Waals surface area contributed by atoms with Gasteiger partial charge in [-0.25, -0.2) is 8.42 Å². The number of anilines is 1. The van der Waals surface area contributed by atoms with Crippen molar-refractivity contribution >= 4 is 27.8 Å². The minimum absolute atomic E-state index is 0.0727. The number of nitrogens with one attached hydrogen (secondary N) is 1. The molecule has 0 radical (unpaired) electrons. The van der Waals surface area contributed by atoms with E-state index in [1.54, 1.807) is 25.3 Å². The first-order chi connectivity index (χ1) is 20.6. The van der Waals surface area contributed by atoms with Crippen molar-refractivity contribution in [2.24, 2.45) is 0 Å². The SMILES string of the molecule is CCOC(=O)C1CCC(c2ccccc2)N1C.COc1cc(NC(C=O)c2ccccc2)cc(OCCCS(C)(=O)=O)c1. The van der Waals surface area contributed by atoms with Crippen LogP contribution in [0, 0.1) is 0 Å².